The molecule has 1 saturated carbocycles. The third kappa shape index (κ3) is 2.10. The Morgan fingerprint density at radius 1 is 1.27 bits per heavy atom. The topological polar surface area (TPSA) is 38.8 Å². The molecule has 1 aliphatic carbocycles. The quantitative estimate of drug-likeness (QED) is 0.860. The molecule has 2 fully saturated rings. The van der Waals surface area contributed by atoms with Gasteiger partial charge in [0, 0.05) is 24.3 Å². The van der Waals surface area contributed by atoms with Gasteiger partial charge >= 0.3 is 0 Å². The van der Waals surface area contributed by atoms with Crippen LogP contribution in [-0.2, 0) is 10.2 Å². The highest BCUT2D eigenvalue weighted by Gasteiger charge is 2.51. The van der Waals surface area contributed by atoms with Gasteiger partial charge in [-0.15, -0.1) is 0 Å². The first-order valence-electron chi connectivity index (χ1n) is 7.66. The van der Waals surface area contributed by atoms with E-state index in [0.29, 0.717) is 30.6 Å². The van der Waals surface area contributed by atoms with E-state index in [-0.39, 0.29) is 28.8 Å². The Morgan fingerprint density at radius 3 is 2.73 bits per heavy atom. The largest absolute Gasteiger partial charge is 0.493 e. The molecule has 1 aromatic carbocycles. The Bertz CT molecular complexity index is 604. The lowest BCUT2D eigenvalue weighted by atomic mass is 9.65. The summed E-state index contributed by atoms with van der Waals surface area (Å²) in [5.74, 6) is 0.473. The number of likely N-dealkylation sites (tertiary alicyclic amines) is 1. The van der Waals surface area contributed by atoms with E-state index < -0.39 is 0 Å². The lowest BCUT2D eigenvalue weighted by Gasteiger charge is -2.41. The number of ether oxygens (including phenoxy) is 2. The van der Waals surface area contributed by atoms with Crippen molar-refractivity contribution >= 4 is 5.78 Å². The van der Waals surface area contributed by atoms with Crippen LogP contribution in [0.2, 0.25) is 0 Å². The molecular formula is C17H22FNO3. The number of fused-ring (bicyclic) bond motifs is 1. The molecule has 0 spiro atoms. The van der Waals surface area contributed by atoms with Crippen molar-refractivity contribution < 1.29 is 18.7 Å². The van der Waals surface area contributed by atoms with Gasteiger partial charge in [-0.3, -0.25) is 4.79 Å². The number of nitrogens with zero attached hydrogens (tertiary/aromatic N) is 1. The van der Waals surface area contributed by atoms with Crippen LogP contribution in [0.5, 0.6) is 11.5 Å². The summed E-state index contributed by atoms with van der Waals surface area (Å²) in [4.78, 5) is 14.1. The fourth-order valence-corrected chi connectivity index (χ4v) is 4.17. The molecule has 0 radical (unpaired) electrons. The number of rotatable bonds is 3. The van der Waals surface area contributed by atoms with Crippen LogP contribution in [0.25, 0.3) is 0 Å². The molecule has 0 aromatic heterocycles. The van der Waals surface area contributed by atoms with E-state index in [9.17, 15) is 4.79 Å². The highest BCUT2D eigenvalue weighted by Crippen LogP contribution is 2.50. The van der Waals surface area contributed by atoms with Gasteiger partial charge in [0.1, 0.15) is 5.78 Å². The zero-order valence-electron chi connectivity index (χ0n) is 13.3. The molecule has 1 aliphatic heterocycles. The number of carbonyl (C=O) groups excluding carboxylic acids is 1. The Morgan fingerprint density at radius 2 is 2.05 bits per heavy atom. The average molecular weight is 307 g/mol. The monoisotopic (exact) mass is 307 g/mol. The fraction of sp³-hybridized carbons (Fsp3) is 0.588. The fourth-order valence-electron chi connectivity index (χ4n) is 4.17. The van der Waals surface area contributed by atoms with Crippen molar-refractivity contribution in [1.29, 1.82) is 0 Å². The third-order valence-electron chi connectivity index (χ3n) is 5.37. The Kier molecular flexibility index (Phi) is 3.85. The molecule has 2 atom stereocenters. The molecule has 0 unspecified atom stereocenters. The number of likely N-dealkylation sites (N-methyl/N-ethyl adjacent to an activating group) is 1. The van der Waals surface area contributed by atoms with Gasteiger partial charge in [0.05, 0.1) is 14.2 Å². The van der Waals surface area contributed by atoms with Gasteiger partial charge < -0.3 is 14.4 Å². The number of hydrogen-bond acceptors (Lipinski definition) is 4. The molecule has 4 nitrogen and oxygen atoms in total. The van der Waals surface area contributed by atoms with E-state index in [4.69, 9.17) is 9.47 Å². The predicted octanol–water partition coefficient (Wildman–Crippen LogP) is 2.54. The van der Waals surface area contributed by atoms with E-state index >= 15 is 4.39 Å². The summed E-state index contributed by atoms with van der Waals surface area (Å²) < 4.78 is 25.4. The van der Waals surface area contributed by atoms with Crippen LogP contribution in [0.4, 0.5) is 4.39 Å². The van der Waals surface area contributed by atoms with Crippen molar-refractivity contribution in [3.63, 3.8) is 0 Å². The molecule has 0 bridgehead atoms. The number of Topliss-reactive ketones (excluding diaryl/α,β-unsaturated/α-hetero) is 1. The SMILES string of the molecule is COc1ccc([C@@]23CCC(=O)C[C@@H]2N(C)CC3)c(F)c1OC. The van der Waals surface area contributed by atoms with Gasteiger partial charge in [-0.25, -0.2) is 4.39 Å². The Hall–Kier alpha value is -1.62. The normalized spacial score (nSPS) is 28.5. The molecule has 120 valence electrons. The van der Waals surface area contributed by atoms with Crippen LogP contribution < -0.4 is 9.47 Å². The minimum atomic E-state index is -0.350. The van der Waals surface area contributed by atoms with Crippen LogP contribution in [0.3, 0.4) is 0 Å². The maximum Gasteiger partial charge on any atom is 0.197 e. The second-order valence-electron chi connectivity index (χ2n) is 6.31. The van der Waals surface area contributed by atoms with Gasteiger partial charge in [0.15, 0.2) is 17.3 Å². The van der Waals surface area contributed by atoms with Crippen molar-refractivity contribution in [2.45, 2.75) is 37.1 Å². The molecule has 0 N–H and O–H groups in total. The molecule has 3 rings (SSSR count). The second-order valence-corrected chi connectivity index (χ2v) is 6.31. The van der Waals surface area contributed by atoms with Crippen LogP contribution in [-0.4, -0.2) is 44.5 Å². The maximum absolute atomic E-state index is 15.1. The van der Waals surface area contributed by atoms with Gasteiger partial charge in [-0.1, -0.05) is 6.07 Å². The van der Waals surface area contributed by atoms with Crippen LogP contribution in [0, 0.1) is 5.82 Å². The smallest absolute Gasteiger partial charge is 0.197 e. The molecular weight excluding hydrogens is 285 g/mol. The van der Waals surface area contributed by atoms with E-state index in [2.05, 4.69) is 4.90 Å². The number of hydrogen-bond donors (Lipinski definition) is 0. The van der Waals surface area contributed by atoms with Crippen molar-refractivity contribution in [3.05, 3.63) is 23.5 Å². The number of methoxy groups -OCH3 is 2. The summed E-state index contributed by atoms with van der Waals surface area (Å²) in [6.45, 7) is 0.881. The number of halogens is 1. The standard InChI is InChI=1S/C17H22FNO3/c1-19-9-8-17(7-6-11(20)10-14(17)19)12-4-5-13(21-2)16(22-3)15(12)18/h4-5,14H,6-10H2,1-3H3/t14-,17-/m0/s1. The average Bonchev–Trinajstić information content (AvgIpc) is 2.85. The molecule has 1 saturated heterocycles. The number of ketones is 1. The first kappa shape index (κ1) is 15.3. The van der Waals surface area contributed by atoms with Crippen LogP contribution in [0.1, 0.15) is 31.2 Å². The minimum absolute atomic E-state index is 0.0707. The minimum Gasteiger partial charge on any atom is -0.493 e. The zero-order chi connectivity index (χ0) is 15.9. The van der Waals surface area contributed by atoms with E-state index in [1.165, 1.54) is 14.2 Å². The summed E-state index contributed by atoms with van der Waals surface area (Å²) in [7, 11) is 4.97. The summed E-state index contributed by atoms with van der Waals surface area (Å²) >= 11 is 0. The number of carbonyl (C=O) groups is 1. The zero-order valence-corrected chi connectivity index (χ0v) is 13.3. The molecule has 22 heavy (non-hydrogen) atoms. The first-order valence-corrected chi connectivity index (χ1v) is 7.66. The first-order chi connectivity index (χ1) is 10.5. The lowest BCUT2D eigenvalue weighted by molar-refractivity contribution is -0.122. The highest BCUT2D eigenvalue weighted by atomic mass is 19.1. The van der Waals surface area contributed by atoms with Crippen LogP contribution in [0.15, 0.2) is 12.1 Å². The molecule has 2 aliphatic rings. The Balaban J connectivity index is 2.11. The second kappa shape index (κ2) is 5.54. The predicted molar refractivity (Wildman–Crippen MR) is 81.1 cm³/mol. The van der Waals surface area contributed by atoms with Gasteiger partial charge in [-0.2, -0.15) is 0 Å². The third-order valence-corrected chi connectivity index (χ3v) is 5.37. The molecule has 1 aromatic rings. The van der Waals surface area contributed by atoms with Crippen molar-refractivity contribution in [3.8, 4) is 11.5 Å². The maximum atomic E-state index is 15.1. The van der Waals surface area contributed by atoms with Crippen molar-refractivity contribution in [1.82, 2.24) is 4.90 Å². The van der Waals surface area contributed by atoms with E-state index in [1.807, 2.05) is 7.05 Å². The van der Waals surface area contributed by atoms with E-state index in [0.717, 1.165) is 13.0 Å². The molecule has 0 amide bonds. The Labute approximate surface area is 130 Å². The van der Waals surface area contributed by atoms with Crippen LogP contribution >= 0.6 is 0 Å². The summed E-state index contributed by atoms with van der Waals surface area (Å²) in [6.07, 6.45) is 2.60. The highest BCUT2D eigenvalue weighted by molar-refractivity contribution is 5.81. The lowest BCUT2D eigenvalue weighted by Crippen LogP contribution is -2.46. The summed E-state index contributed by atoms with van der Waals surface area (Å²) in [5, 5.41) is 0. The van der Waals surface area contributed by atoms with Gasteiger partial charge in [0.25, 0.3) is 0 Å². The van der Waals surface area contributed by atoms with Gasteiger partial charge in [0.2, 0.25) is 0 Å². The number of benzene rings is 1. The summed E-state index contributed by atoms with van der Waals surface area (Å²) in [5.41, 5.74) is 0.360. The summed E-state index contributed by atoms with van der Waals surface area (Å²) in [6, 6.07) is 3.64. The van der Waals surface area contributed by atoms with Crippen molar-refractivity contribution in [2.24, 2.45) is 0 Å². The van der Waals surface area contributed by atoms with Crippen molar-refractivity contribution in [2.75, 3.05) is 27.8 Å². The molecule has 1 heterocycles. The molecule has 5 heteroatoms. The van der Waals surface area contributed by atoms with E-state index in [1.54, 1.807) is 12.1 Å². The van der Waals surface area contributed by atoms with Gasteiger partial charge in [-0.05, 0) is 38.1 Å².